The number of carbonyl (C=O) groups is 10. The highest BCUT2D eigenvalue weighted by molar-refractivity contribution is 6.06. The third-order valence-corrected chi connectivity index (χ3v) is 12.8. The van der Waals surface area contributed by atoms with E-state index >= 15 is 0 Å². The van der Waals surface area contributed by atoms with Crippen molar-refractivity contribution in [2.45, 2.75) is 165 Å². The summed E-state index contributed by atoms with van der Waals surface area (Å²) in [5.74, 6) is -7.38. The number of amides is 9. The number of likely N-dealkylation sites (N-methyl/N-ethyl adjacent to an activating group) is 6. The summed E-state index contributed by atoms with van der Waals surface area (Å²) in [5.41, 5.74) is 5.39. The summed E-state index contributed by atoms with van der Waals surface area (Å²) in [7, 11) is 8.88. The molecule has 0 fully saturated rings. The van der Waals surface area contributed by atoms with E-state index in [0.29, 0.717) is 0 Å². The van der Waals surface area contributed by atoms with Gasteiger partial charge in [0.05, 0.1) is 25.0 Å². The second kappa shape index (κ2) is 30.6. The average molecular weight is 1020 g/mol. The van der Waals surface area contributed by atoms with E-state index in [9.17, 15) is 47.9 Å². The highest BCUT2D eigenvalue weighted by atomic mass is 16.2. The molecule has 0 aliphatic rings. The number of rotatable bonds is 30. The van der Waals surface area contributed by atoms with Gasteiger partial charge in [0.2, 0.25) is 53.2 Å². The van der Waals surface area contributed by atoms with Crippen LogP contribution < -0.4 is 27.0 Å². The smallest absolute Gasteiger partial charge is 0.245 e. The molecule has 0 aromatic heterocycles. The van der Waals surface area contributed by atoms with E-state index in [1.54, 1.807) is 13.8 Å². The van der Waals surface area contributed by atoms with Crippen molar-refractivity contribution in [3.05, 3.63) is 12.2 Å². The summed E-state index contributed by atoms with van der Waals surface area (Å²) in [6.45, 7) is 28.6. The second-order valence-corrected chi connectivity index (χ2v) is 21.8. The Labute approximate surface area is 431 Å². The van der Waals surface area contributed by atoms with Gasteiger partial charge in [0.25, 0.3) is 0 Å². The molecule has 0 saturated heterocycles. The molecule has 9 amide bonds. The van der Waals surface area contributed by atoms with E-state index in [-0.39, 0.29) is 79.8 Å². The third-order valence-electron chi connectivity index (χ3n) is 12.8. The fraction of sp³-hybridized carbons (Fsp3) is 0.769. The van der Waals surface area contributed by atoms with E-state index in [2.05, 4.69) is 27.8 Å². The molecule has 0 saturated carbocycles. The van der Waals surface area contributed by atoms with Crippen molar-refractivity contribution in [3.63, 3.8) is 0 Å². The molecule has 20 heteroatoms. The van der Waals surface area contributed by atoms with Crippen LogP contribution in [0, 0.1) is 41.4 Å². The number of ketones is 1. The molecule has 72 heavy (non-hydrogen) atoms. The SMILES string of the molecule is C=C(C(=O)[C@@H](C)NC(=O)[C@H](C)NC(=O)[C@H](CC(C)C)N(C)C(=O)[C@@H](NC(=O)[C@H](CC(C)C)N(C)C(=O)CN(C)C(=O)CN)C(C)C)[C@@H](CC(C)C)C(=O)N(C)[C@@H](CC(C)C)C(=O)N(C)[C@H](C(=O)NC)C(C)C. The quantitative estimate of drug-likeness (QED) is 0.0652. The van der Waals surface area contributed by atoms with Gasteiger partial charge in [0.1, 0.15) is 36.3 Å². The lowest BCUT2D eigenvalue weighted by Crippen LogP contribution is -2.60. The van der Waals surface area contributed by atoms with Gasteiger partial charge in [-0.25, -0.2) is 0 Å². The molecule has 0 heterocycles. The molecule has 20 nitrogen and oxygen atoms in total. The summed E-state index contributed by atoms with van der Waals surface area (Å²) < 4.78 is 0. The summed E-state index contributed by atoms with van der Waals surface area (Å²) in [6.07, 6.45) is 0.932. The van der Waals surface area contributed by atoms with Gasteiger partial charge in [-0.15, -0.1) is 0 Å². The predicted octanol–water partition coefficient (Wildman–Crippen LogP) is 2.19. The summed E-state index contributed by atoms with van der Waals surface area (Å²) in [6, 6.07) is -7.35. The lowest BCUT2D eigenvalue weighted by atomic mass is 9.85. The highest BCUT2D eigenvalue weighted by Crippen LogP contribution is 2.27. The van der Waals surface area contributed by atoms with Crippen molar-refractivity contribution in [1.29, 1.82) is 0 Å². The predicted molar refractivity (Wildman–Crippen MR) is 279 cm³/mol. The molecular formula is C52H94N10O10. The van der Waals surface area contributed by atoms with Gasteiger partial charge in [-0.3, -0.25) is 47.9 Å². The number of nitrogens with two attached hydrogens (primary N) is 1. The van der Waals surface area contributed by atoms with Gasteiger partial charge in [0, 0.05) is 47.9 Å². The first-order chi connectivity index (χ1) is 33.1. The fourth-order valence-electron chi connectivity index (χ4n) is 8.45. The Morgan fingerprint density at radius 3 is 1.33 bits per heavy atom. The maximum atomic E-state index is 14.4. The van der Waals surface area contributed by atoms with Gasteiger partial charge in [0.15, 0.2) is 5.78 Å². The molecule has 6 N–H and O–H groups in total. The number of nitrogens with one attached hydrogen (secondary N) is 4. The van der Waals surface area contributed by atoms with Crippen LogP contribution in [0.3, 0.4) is 0 Å². The molecule has 0 rings (SSSR count). The minimum absolute atomic E-state index is 0.0207. The van der Waals surface area contributed by atoms with Crippen LogP contribution in [0.25, 0.3) is 0 Å². The van der Waals surface area contributed by atoms with Crippen LogP contribution in [0.4, 0.5) is 0 Å². The molecule has 412 valence electrons. The Morgan fingerprint density at radius 1 is 0.472 bits per heavy atom. The number of hydrogen-bond donors (Lipinski definition) is 5. The van der Waals surface area contributed by atoms with Crippen molar-refractivity contribution in [1.82, 2.24) is 45.8 Å². The van der Waals surface area contributed by atoms with Gasteiger partial charge >= 0.3 is 0 Å². The largest absolute Gasteiger partial charge is 0.357 e. The van der Waals surface area contributed by atoms with Crippen LogP contribution >= 0.6 is 0 Å². The molecule has 0 aromatic rings. The molecule has 8 atom stereocenters. The fourth-order valence-corrected chi connectivity index (χ4v) is 8.45. The standard InChI is InChI=1S/C52H94N10O10/c1-28(2)22-37(50(70)61(20)40(25-31(7)8)51(71)62(21)44(33(11)12)49(69)54-16)34(13)45(65)35(14)55-46(66)36(15)56-47(67)39(24-30(5)6)60(19)52(72)43(32(9)10)57-48(68)38(23-29(3)4)59(18)42(64)27-58(17)41(63)26-53/h28-33,35-40,43-44H,13,22-27,53H2,1-12,14-21H3,(H,54,69)(H,55,66)(H,56,67)(H,57,68)/t35-,36+,37-,38+,39+,40+,43+,44+/m1/s1. The lowest BCUT2D eigenvalue weighted by Gasteiger charge is -2.37. The minimum atomic E-state index is -1.20. The molecule has 0 radical (unpaired) electrons. The topological polar surface area (TPSA) is 261 Å². The van der Waals surface area contributed by atoms with Gasteiger partial charge < -0.3 is 51.5 Å². The zero-order chi connectivity index (χ0) is 56.4. The Bertz CT molecular complexity index is 1900. The first kappa shape index (κ1) is 66.6. The molecule has 0 aliphatic heterocycles. The number of hydrogen-bond acceptors (Lipinski definition) is 11. The van der Waals surface area contributed by atoms with Crippen LogP contribution in [-0.4, -0.2) is 181 Å². The third kappa shape index (κ3) is 19.9. The molecule has 0 bridgehead atoms. The Hall–Kier alpha value is -5.40. The summed E-state index contributed by atoms with van der Waals surface area (Å²) in [4.78, 5) is 143. The van der Waals surface area contributed by atoms with Crippen molar-refractivity contribution >= 4 is 58.9 Å². The Balaban J connectivity index is 6.47. The second-order valence-electron chi connectivity index (χ2n) is 21.8. The minimum Gasteiger partial charge on any atom is -0.357 e. The van der Waals surface area contributed by atoms with E-state index in [1.807, 2.05) is 69.2 Å². The molecule has 0 aliphatic carbocycles. The summed E-state index contributed by atoms with van der Waals surface area (Å²) in [5, 5.41) is 10.8. The number of carbonyl (C=O) groups excluding carboxylic acids is 10. The van der Waals surface area contributed by atoms with Crippen molar-refractivity contribution in [3.8, 4) is 0 Å². The maximum absolute atomic E-state index is 14.4. The molecule has 0 aromatic carbocycles. The normalized spacial score (nSPS) is 14.9. The van der Waals surface area contributed by atoms with Crippen molar-refractivity contribution < 1.29 is 47.9 Å². The van der Waals surface area contributed by atoms with Gasteiger partial charge in [-0.2, -0.15) is 0 Å². The van der Waals surface area contributed by atoms with E-state index in [4.69, 9.17) is 5.73 Å². The van der Waals surface area contributed by atoms with Crippen molar-refractivity contribution in [2.75, 3.05) is 55.4 Å². The van der Waals surface area contributed by atoms with E-state index in [1.165, 1.54) is 80.6 Å². The zero-order valence-corrected chi connectivity index (χ0v) is 47.4. The van der Waals surface area contributed by atoms with E-state index < -0.39 is 107 Å². The van der Waals surface area contributed by atoms with E-state index in [0.717, 1.165) is 0 Å². The molecule has 0 spiro atoms. The maximum Gasteiger partial charge on any atom is 0.245 e. The van der Waals surface area contributed by atoms with Crippen LogP contribution in [0.15, 0.2) is 12.2 Å². The Morgan fingerprint density at radius 2 is 0.903 bits per heavy atom. The van der Waals surface area contributed by atoms with Crippen LogP contribution in [0.5, 0.6) is 0 Å². The zero-order valence-electron chi connectivity index (χ0n) is 47.4. The highest BCUT2D eigenvalue weighted by Gasteiger charge is 2.41. The molecular weight excluding hydrogens is 925 g/mol. The lowest BCUT2D eigenvalue weighted by molar-refractivity contribution is -0.150. The number of nitrogens with zero attached hydrogens (tertiary/aromatic N) is 5. The first-order valence-corrected chi connectivity index (χ1v) is 25.4. The van der Waals surface area contributed by atoms with Gasteiger partial charge in [-0.05, 0) is 75.0 Å². The van der Waals surface area contributed by atoms with Gasteiger partial charge in [-0.1, -0.05) is 89.7 Å². The monoisotopic (exact) mass is 1020 g/mol. The van der Waals surface area contributed by atoms with Crippen LogP contribution in [0.1, 0.15) is 123 Å². The summed E-state index contributed by atoms with van der Waals surface area (Å²) >= 11 is 0. The average Bonchev–Trinajstić information content (AvgIpc) is 3.29. The van der Waals surface area contributed by atoms with Crippen molar-refractivity contribution in [2.24, 2.45) is 47.2 Å². The first-order valence-electron chi connectivity index (χ1n) is 25.4. The van der Waals surface area contributed by atoms with Crippen LogP contribution in [0.2, 0.25) is 0 Å². The van der Waals surface area contributed by atoms with Crippen LogP contribution in [-0.2, 0) is 47.9 Å². The number of Topliss-reactive ketones (excluding diaryl/α,β-unsaturated/α-hetero) is 1. The Kier molecular flexibility index (Phi) is 28.3. The molecule has 0 unspecified atom stereocenters.